The largest absolute Gasteiger partial charge is 0.347 e. The van der Waals surface area contributed by atoms with E-state index in [0.29, 0.717) is 11.8 Å². The summed E-state index contributed by atoms with van der Waals surface area (Å²) in [7, 11) is 0. The van der Waals surface area contributed by atoms with Gasteiger partial charge >= 0.3 is 5.69 Å². The average Bonchev–Trinajstić information content (AvgIpc) is 2.20. The second kappa shape index (κ2) is 5.91. The molecule has 0 aliphatic rings. The summed E-state index contributed by atoms with van der Waals surface area (Å²) in [4.78, 5) is 15.2. The predicted octanol–water partition coefficient (Wildman–Crippen LogP) is 2.21. The normalized spacial score (nSPS) is 12.7. The first kappa shape index (κ1) is 12.2. The number of hydrogen-bond donors (Lipinski definition) is 0. The molecule has 1 atom stereocenters. The number of halogens is 1. The highest BCUT2D eigenvalue weighted by Crippen LogP contribution is 2.09. The third-order valence-electron chi connectivity index (χ3n) is 2.45. The number of alkyl halides is 1. The Morgan fingerprint density at radius 1 is 1.53 bits per heavy atom. The van der Waals surface area contributed by atoms with Crippen molar-refractivity contribution in [2.24, 2.45) is 5.92 Å². The predicted molar refractivity (Wildman–Crippen MR) is 62.4 cm³/mol. The summed E-state index contributed by atoms with van der Waals surface area (Å²) < 4.78 is 1.67. The van der Waals surface area contributed by atoms with Crippen LogP contribution in [-0.2, 0) is 6.54 Å². The average molecular weight is 229 g/mol. The minimum atomic E-state index is -0.168. The molecule has 0 aromatic carbocycles. The molecule has 15 heavy (non-hydrogen) atoms. The van der Waals surface area contributed by atoms with E-state index in [1.165, 1.54) is 0 Å². The fourth-order valence-electron chi connectivity index (χ4n) is 1.42. The van der Waals surface area contributed by atoms with E-state index in [4.69, 9.17) is 11.6 Å². The van der Waals surface area contributed by atoms with Crippen LogP contribution in [0.3, 0.4) is 0 Å². The first-order chi connectivity index (χ1) is 7.13. The van der Waals surface area contributed by atoms with Gasteiger partial charge in [0.25, 0.3) is 0 Å². The van der Waals surface area contributed by atoms with Gasteiger partial charge in [-0.3, -0.25) is 4.57 Å². The highest BCUT2D eigenvalue weighted by molar-refractivity contribution is 6.17. The molecule has 1 unspecified atom stereocenters. The highest BCUT2D eigenvalue weighted by atomic mass is 35.5. The molecule has 4 heteroatoms. The third-order valence-corrected chi connectivity index (χ3v) is 2.67. The van der Waals surface area contributed by atoms with Crippen molar-refractivity contribution in [2.75, 3.05) is 5.88 Å². The van der Waals surface area contributed by atoms with E-state index in [1.54, 1.807) is 10.8 Å². The zero-order valence-electron chi connectivity index (χ0n) is 9.24. The fourth-order valence-corrected chi connectivity index (χ4v) is 1.79. The quantitative estimate of drug-likeness (QED) is 0.725. The summed E-state index contributed by atoms with van der Waals surface area (Å²) in [6.45, 7) is 4.81. The van der Waals surface area contributed by atoms with Crippen LogP contribution in [0.15, 0.2) is 17.2 Å². The summed E-state index contributed by atoms with van der Waals surface area (Å²) >= 11 is 5.65. The molecule has 1 aromatic rings. The Morgan fingerprint density at radius 3 is 2.93 bits per heavy atom. The van der Waals surface area contributed by atoms with Gasteiger partial charge < -0.3 is 0 Å². The number of hydrogen-bond acceptors (Lipinski definition) is 2. The van der Waals surface area contributed by atoms with Crippen molar-refractivity contribution in [1.29, 1.82) is 0 Å². The van der Waals surface area contributed by atoms with Gasteiger partial charge in [0.2, 0.25) is 0 Å². The van der Waals surface area contributed by atoms with Crippen LogP contribution in [0.2, 0.25) is 0 Å². The zero-order chi connectivity index (χ0) is 11.3. The Hall–Kier alpha value is -0.830. The standard InChI is InChI=1S/C11H17ClN2O/c1-9(3-5-12)4-6-14-8-10(2)7-13-11(14)15/h7-9H,3-6H2,1-2H3. The molecule has 0 aliphatic carbocycles. The van der Waals surface area contributed by atoms with Crippen LogP contribution in [0, 0.1) is 12.8 Å². The second-order valence-corrected chi connectivity index (χ2v) is 4.36. The van der Waals surface area contributed by atoms with Crippen molar-refractivity contribution in [2.45, 2.75) is 33.2 Å². The van der Waals surface area contributed by atoms with E-state index in [9.17, 15) is 4.79 Å². The van der Waals surface area contributed by atoms with Crippen molar-refractivity contribution >= 4 is 11.6 Å². The Bertz CT molecular complexity index is 362. The minimum Gasteiger partial charge on any atom is -0.299 e. The second-order valence-electron chi connectivity index (χ2n) is 3.98. The molecule has 0 N–H and O–H groups in total. The molecule has 0 radical (unpaired) electrons. The molecule has 1 heterocycles. The van der Waals surface area contributed by atoms with Gasteiger partial charge in [-0.2, -0.15) is 0 Å². The maximum Gasteiger partial charge on any atom is 0.347 e. The molecule has 1 aromatic heterocycles. The Morgan fingerprint density at radius 2 is 2.27 bits per heavy atom. The summed E-state index contributed by atoms with van der Waals surface area (Å²) in [6.07, 6.45) is 5.41. The molecular formula is C11H17ClN2O. The van der Waals surface area contributed by atoms with Crippen LogP contribution in [0.25, 0.3) is 0 Å². The molecule has 84 valence electrons. The molecular weight excluding hydrogens is 212 g/mol. The van der Waals surface area contributed by atoms with Gasteiger partial charge in [0.15, 0.2) is 0 Å². The Labute approximate surface area is 95.1 Å². The number of aryl methyl sites for hydroxylation is 2. The molecule has 0 amide bonds. The number of nitrogens with zero attached hydrogens (tertiary/aromatic N) is 2. The molecule has 0 fully saturated rings. The maximum atomic E-state index is 11.4. The molecule has 0 saturated carbocycles. The van der Waals surface area contributed by atoms with Crippen molar-refractivity contribution in [3.05, 3.63) is 28.4 Å². The lowest BCUT2D eigenvalue weighted by atomic mass is 10.1. The minimum absolute atomic E-state index is 0.168. The van der Waals surface area contributed by atoms with Crippen LogP contribution >= 0.6 is 11.6 Å². The van der Waals surface area contributed by atoms with Crippen LogP contribution in [0.4, 0.5) is 0 Å². The number of aromatic nitrogens is 2. The van der Waals surface area contributed by atoms with Crippen molar-refractivity contribution in [3.63, 3.8) is 0 Å². The van der Waals surface area contributed by atoms with Crippen molar-refractivity contribution in [3.8, 4) is 0 Å². The maximum absolute atomic E-state index is 11.4. The first-order valence-electron chi connectivity index (χ1n) is 5.22. The van der Waals surface area contributed by atoms with E-state index in [1.807, 2.05) is 13.1 Å². The Balaban J connectivity index is 2.57. The van der Waals surface area contributed by atoms with Gasteiger partial charge in [0.05, 0.1) is 0 Å². The molecule has 0 aliphatic heterocycles. The van der Waals surface area contributed by atoms with Crippen LogP contribution in [0.5, 0.6) is 0 Å². The van der Waals surface area contributed by atoms with E-state index in [-0.39, 0.29) is 5.69 Å². The number of rotatable bonds is 5. The van der Waals surface area contributed by atoms with E-state index in [0.717, 1.165) is 24.9 Å². The molecule has 1 rings (SSSR count). The smallest absolute Gasteiger partial charge is 0.299 e. The molecule has 0 spiro atoms. The lowest BCUT2D eigenvalue weighted by Gasteiger charge is -2.10. The fraction of sp³-hybridized carbons (Fsp3) is 0.636. The van der Waals surface area contributed by atoms with Gasteiger partial charge in [0, 0.05) is 24.8 Å². The lowest BCUT2D eigenvalue weighted by Crippen LogP contribution is -2.23. The molecule has 0 bridgehead atoms. The van der Waals surface area contributed by atoms with E-state index >= 15 is 0 Å². The van der Waals surface area contributed by atoms with Gasteiger partial charge in [-0.1, -0.05) is 6.92 Å². The topological polar surface area (TPSA) is 34.9 Å². The molecule has 0 saturated heterocycles. The first-order valence-corrected chi connectivity index (χ1v) is 5.76. The van der Waals surface area contributed by atoms with E-state index < -0.39 is 0 Å². The lowest BCUT2D eigenvalue weighted by molar-refractivity contribution is 0.460. The van der Waals surface area contributed by atoms with Crippen LogP contribution in [0.1, 0.15) is 25.3 Å². The third kappa shape index (κ3) is 4.04. The highest BCUT2D eigenvalue weighted by Gasteiger charge is 2.03. The van der Waals surface area contributed by atoms with Gasteiger partial charge in [-0.15, -0.1) is 11.6 Å². The van der Waals surface area contributed by atoms with Gasteiger partial charge in [-0.25, -0.2) is 9.78 Å². The van der Waals surface area contributed by atoms with E-state index in [2.05, 4.69) is 11.9 Å². The van der Waals surface area contributed by atoms with Gasteiger partial charge in [-0.05, 0) is 31.2 Å². The van der Waals surface area contributed by atoms with Crippen LogP contribution in [-0.4, -0.2) is 15.4 Å². The molecule has 3 nitrogen and oxygen atoms in total. The van der Waals surface area contributed by atoms with Crippen molar-refractivity contribution in [1.82, 2.24) is 9.55 Å². The van der Waals surface area contributed by atoms with Crippen molar-refractivity contribution < 1.29 is 0 Å². The Kier molecular flexibility index (Phi) is 4.82. The summed E-state index contributed by atoms with van der Waals surface area (Å²) in [5.41, 5.74) is 0.846. The summed E-state index contributed by atoms with van der Waals surface area (Å²) in [6, 6.07) is 0. The zero-order valence-corrected chi connectivity index (χ0v) is 10.00. The van der Waals surface area contributed by atoms with Crippen LogP contribution < -0.4 is 5.69 Å². The van der Waals surface area contributed by atoms with Gasteiger partial charge in [0.1, 0.15) is 0 Å². The summed E-state index contributed by atoms with van der Waals surface area (Å²) in [5.74, 6) is 1.23. The monoisotopic (exact) mass is 228 g/mol. The summed E-state index contributed by atoms with van der Waals surface area (Å²) in [5, 5.41) is 0. The SMILES string of the molecule is Cc1cnc(=O)n(CCC(C)CCCl)c1.